The Morgan fingerprint density at radius 1 is 1.50 bits per heavy atom. The van der Waals surface area contributed by atoms with E-state index in [0.29, 0.717) is 5.02 Å². The molecular weight excluding hydrogens is 229 g/mol. The van der Waals surface area contributed by atoms with Crippen LogP contribution in [0.15, 0.2) is 18.2 Å². The van der Waals surface area contributed by atoms with Crippen LogP contribution in [0.1, 0.15) is 24.9 Å². The van der Waals surface area contributed by atoms with Crippen molar-refractivity contribution in [3.05, 3.63) is 34.6 Å². The maximum Gasteiger partial charge on any atom is 0.124 e. The van der Waals surface area contributed by atoms with Crippen LogP contribution in [-0.2, 0) is 4.74 Å². The van der Waals surface area contributed by atoms with Crippen molar-refractivity contribution in [3.8, 4) is 0 Å². The van der Waals surface area contributed by atoms with Gasteiger partial charge in [-0.3, -0.25) is 0 Å². The standard InChI is InChI=1S/C12H17ClFNO/c1-9(15-6-3-7-16-2)11-5-4-10(14)8-12(11)13/h4-5,8-9,15H,3,6-7H2,1-2H3. The van der Waals surface area contributed by atoms with Crippen LogP contribution in [0, 0.1) is 5.82 Å². The van der Waals surface area contributed by atoms with Gasteiger partial charge in [0.25, 0.3) is 0 Å². The molecule has 0 spiro atoms. The van der Waals surface area contributed by atoms with Crippen LogP contribution in [-0.4, -0.2) is 20.3 Å². The van der Waals surface area contributed by atoms with Gasteiger partial charge in [0.05, 0.1) is 0 Å². The van der Waals surface area contributed by atoms with Gasteiger partial charge in [0.2, 0.25) is 0 Å². The highest BCUT2D eigenvalue weighted by molar-refractivity contribution is 6.31. The molecule has 1 aromatic rings. The highest BCUT2D eigenvalue weighted by atomic mass is 35.5. The fraction of sp³-hybridized carbons (Fsp3) is 0.500. The Balaban J connectivity index is 2.49. The van der Waals surface area contributed by atoms with Crippen LogP contribution in [0.5, 0.6) is 0 Å². The molecule has 0 heterocycles. The molecule has 0 saturated heterocycles. The molecule has 0 aromatic heterocycles. The lowest BCUT2D eigenvalue weighted by Crippen LogP contribution is -2.21. The Morgan fingerprint density at radius 3 is 2.88 bits per heavy atom. The highest BCUT2D eigenvalue weighted by Crippen LogP contribution is 2.23. The Morgan fingerprint density at radius 2 is 2.25 bits per heavy atom. The number of halogens is 2. The second-order valence-electron chi connectivity index (χ2n) is 3.69. The van der Waals surface area contributed by atoms with Gasteiger partial charge in [0, 0.05) is 24.8 Å². The van der Waals surface area contributed by atoms with E-state index in [9.17, 15) is 4.39 Å². The smallest absolute Gasteiger partial charge is 0.124 e. The molecule has 2 nitrogen and oxygen atoms in total. The van der Waals surface area contributed by atoms with Crippen molar-refractivity contribution in [2.75, 3.05) is 20.3 Å². The van der Waals surface area contributed by atoms with Gasteiger partial charge in [-0.15, -0.1) is 0 Å². The van der Waals surface area contributed by atoms with Crippen LogP contribution in [0.25, 0.3) is 0 Å². The normalized spacial score (nSPS) is 12.8. The van der Waals surface area contributed by atoms with Crippen molar-refractivity contribution in [1.29, 1.82) is 0 Å². The number of hydrogen-bond acceptors (Lipinski definition) is 2. The summed E-state index contributed by atoms with van der Waals surface area (Å²) in [6, 6.07) is 4.59. The van der Waals surface area contributed by atoms with Crippen molar-refractivity contribution in [2.24, 2.45) is 0 Å². The predicted octanol–water partition coefficient (Wildman–Crippen LogP) is 3.17. The van der Waals surface area contributed by atoms with Crippen LogP contribution in [0.2, 0.25) is 5.02 Å². The first-order chi connectivity index (χ1) is 7.65. The van der Waals surface area contributed by atoms with E-state index in [1.807, 2.05) is 6.92 Å². The molecule has 1 rings (SSSR count). The van der Waals surface area contributed by atoms with Crippen molar-refractivity contribution >= 4 is 11.6 Å². The van der Waals surface area contributed by atoms with Gasteiger partial charge in [-0.05, 0) is 37.6 Å². The molecule has 0 radical (unpaired) electrons. The monoisotopic (exact) mass is 245 g/mol. The van der Waals surface area contributed by atoms with E-state index in [-0.39, 0.29) is 11.9 Å². The van der Waals surface area contributed by atoms with Crippen molar-refractivity contribution < 1.29 is 9.13 Å². The zero-order chi connectivity index (χ0) is 12.0. The molecule has 1 aromatic carbocycles. The van der Waals surface area contributed by atoms with Gasteiger partial charge >= 0.3 is 0 Å². The first-order valence-electron chi connectivity index (χ1n) is 5.32. The average Bonchev–Trinajstić information content (AvgIpc) is 2.24. The van der Waals surface area contributed by atoms with Gasteiger partial charge in [-0.1, -0.05) is 17.7 Å². The summed E-state index contributed by atoms with van der Waals surface area (Å²) in [5, 5.41) is 3.77. The number of hydrogen-bond donors (Lipinski definition) is 1. The quantitative estimate of drug-likeness (QED) is 0.778. The van der Waals surface area contributed by atoms with Gasteiger partial charge in [-0.2, -0.15) is 0 Å². The Kier molecular flexibility index (Phi) is 5.74. The molecule has 1 N–H and O–H groups in total. The summed E-state index contributed by atoms with van der Waals surface area (Å²) >= 11 is 5.96. The number of methoxy groups -OCH3 is 1. The average molecular weight is 246 g/mol. The fourth-order valence-corrected chi connectivity index (χ4v) is 1.83. The minimum Gasteiger partial charge on any atom is -0.385 e. The van der Waals surface area contributed by atoms with E-state index >= 15 is 0 Å². The van der Waals surface area contributed by atoms with E-state index < -0.39 is 0 Å². The SMILES string of the molecule is COCCCNC(C)c1ccc(F)cc1Cl. The molecule has 0 fully saturated rings. The minimum atomic E-state index is -0.305. The zero-order valence-electron chi connectivity index (χ0n) is 9.59. The van der Waals surface area contributed by atoms with Crippen LogP contribution in [0.3, 0.4) is 0 Å². The highest BCUT2D eigenvalue weighted by Gasteiger charge is 2.09. The lowest BCUT2D eigenvalue weighted by molar-refractivity contribution is 0.193. The number of rotatable bonds is 6. The topological polar surface area (TPSA) is 21.3 Å². The summed E-state index contributed by atoms with van der Waals surface area (Å²) in [7, 11) is 1.68. The summed E-state index contributed by atoms with van der Waals surface area (Å²) in [5.74, 6) is -0.305. The molecule has 1 unspecified atom stereocenters. The van der Waals surface area contributed by atoms with E-state index in [1.165, 1.54) is 12.1 Å². The van der Waals surface area contributed by atoms with Gasteiger partial charge in [0.15, 0.2) is 0 Å². The Bertz CT molecular complexity index is 333. The molecule has 0 bridgehead atoms. The molecule has 90 valence electrons. The number of ether oxygens (including phenoxy) is 1. The molecule has 0 aliphatic heterocycles. The molecule has 0 amide bonds. The predicted molar refractivity (Wildman–Crippen MR) is 64.3 cm³/mol. The molecule has 0 saturated carbocycles. The first kappa shape index (κ1) is 13.4. The minimum absolute atomic E-state index is 0.116. The number of nitrogens with one attached hydrogen (secondary N) is 1. The maximum absolute atomic E-state index is 12.8. The van der Waals surface area contributed by atoms with E-state index in [2.05, 4.69) is 5.32 Å². The van der Waals surface area contributed by atoms with Crippen LogP contribution in [0.4, 0.5) is 4.39 Å². The Hall–Kier alpha value is -0.640. The third kappa shape index (κ3) is 4.08. The van der Waals surface area contributed by atoms with Crippen LogP contribution >= 0.6 is 11.6 Å². The molecule has 16 heavy (non-hydrogen) atoms. The molecule has 1 atom stereocenters. The zero-order valence-corrected chi connectivity index (χ0v) is 10.4. The van der Waals surface area contributed by atoms with Gasteiger partial charge < -0.3 is 10.1 Å². The summed E-state index contributed by atoms with van der Waals surface area (Å²) in [6.07, 6.45) is 0.944. The maximum atomic E-state index is 12.8. The summed E-state index contributed by atoms with van der Waals surface area (Å²) in [5.41, 5.74) is 0.917. The van der Waals surface area contributed by atoms with Crippen molar-refractivity contribution in [1.82, 2.24) is 5.32 Å². The first-order valence-corrected chi connectivity index (χ1v) is 5.70. The third-order valence-corrected chi connectivity index (χ3v) is 2.73. The summed E-state index contributed by atoms with van der Waals surface area (Å²) in [6.45, 7) is 3.59. The molecule has 0 aliphatic carbocycles. The van der Waals surface area contributed by atoms with E-state index in [0.717, 1.165) is 25.1 Å². The lowest BCUT2D eigenvalue weighted by atomic mass is 10.1. The largest absolute Gasteiger partial charge is 0.385 e. The summed E-state index contributed by atoms with van der Waals surface area (Å²) < 4.78 is 17.8. The Labute approximate surface area is 101 Å². The van der Waals surface area contributed by atoms with Gasteiger partial charge in [-0.25, -0.2) is 4.39 Å². The molecule has 0 aliphatic rings. The third-order valence-electron chi connectivity index (χ3n) is 2.40. The van der Waals surface area contributed by atoms with E-state index in [1.54, 1.807) is 13.2 Å². The second-order valence-corrected chi connectivity index (χ2v) is 4.10. The van der Waals surface area contributed by atoms with Crippen molar-refractivity contribution in [3.63, 3.8) is 0 Å². The second kappa shape index (κ2) is 6.84. The van der Waals surface area contributed by atoms with E-state index in [4.69, 9.17) is 16.3 Å². The fourth-order valence-electron chi connectivity index (χ4n) is 1.50. The number of benzene rings is 1. The lowest BCUT2D eigenvalue weighted by Gasteiger charge is -2.15. The summed E-state index contributed by atoms with van der Waals surface area (Å²) in [4.78, 5) is 0. The van der Waals surface area contributed by atoms with Gasteiger partial charge in [0.1, 0.15) is 5.82 Å². The molecular formula is C12H17ClFNO. The molecule has 4 heteroatoms. The van der Waals surface area contributed by atoms with Crippen LogP contribution < -0.4 is 5.32 Å². The van der Waals surface area contributed by atoms with Crippen molar-refractivity contribution in [2.45, 2.75) is 19.4 Å².